The van der Waals surface area contributed by atoms with Gasteiger partial charge in [0.2, 0.25) is 10.0 Å². The lowest BCUT2D eigenvalue weighted by Crippen LogP contribution is -2.50. The number of nitriles is 1. The fourth-order valence-electron chi connectivity index (χ4n) is 1.92. The van der Waals surface area contributed by atoms with Crippen molar-refractivity contribution in [3.63, 3.8) is 0 Å². The van der Waals surface area contributed by atoms with Crippen LogP contribution in [0.5, 0.6) is 0 Å². The lowest BCUT2D eigenvalue weighted by Gasteiger charge is -2.29. The van der Waals surface area contributed by atoms with E-state index in [2.05, 4.69) is 10.8 Å². The minimum absolute atomic E-state index is 0.429. The number of sulfonamides is 1. The van der Waals surface area contributed by atoms with Crippen molar-refractivity contribution in [1.29, 1.82) is 5.26 Å². The topological polar surface area (TPSA) is 79.2 Å². The third-order valence-corrected chi connectivity index (χ3v) is 5.39. The van der Waals surface area contributed by atoms with Crippen LogP contribution in [0.3, 0.4) is 0 Å². The van der Waals surface area contributed by atoms with E-state index < -0.39 is 20.8 Å². The molecule has 17 heavy (non-hydrogen) atoms. The third kappa shape index (κ3) is 3.41. The van der Waals surface area contributed by atoms with Crippen LogP contribution in [-0.2, 0) is 14.8 Å². The molecule has 0 radical (unpaired) electrons. The Labute approximate surface area is 103 Å². The molecule has 1 heterocycles. The number of hydrogen-bond acceptors (Lipinski definition) is 4. The summed E-state index contributed by atoms with van der Waals surface area (Å²) in [4.78, 5) is 0. The van der Waals surface area contributed by atoms with Gasteiger partial charge in [-0.1, -0.05) is 13.8 Å². The molecule has 0 aliphatic carbocycles. The van der Waals surface area contributed by atoms with Crippen LogP contribution in [0.25, 0.3) is 0 Å². The van der Waals surface area contributed by atoms with E-state index in [4.69, 9.17) is 10.00 Å². The number of nitrogens with one attached hydrogen (secondary N) is 1. The third-order valence-electron chi connectivity index (χ3n) is 3.37. The molecule has 98 valence electrons. The molecule has 0 bridgehead atoms. The molecule has 1 aliphatic heterocycles. The summed E-state index contributed by atoms with van der Waals surface area (Å²) < 4.78 is 32.0. The number of rotatable bonds is 5. The Kier molecular flexibility index (Phi) is 4.92. The summed E-state index contributed by atoms with van der Waals surface area (Å²) >= 11 is 0. The normalized spacial score (nSPS) is 18.9. The average Bonchev–Trinajstić information content (AvgIpc) is 2.37. The summed E-state index contributed by atoms with van der Waals surface area (Å²) in [5.41, 5.74) is -0.961. The molecule has 0 aromatic rings. The maximum absolute atomic E-state index is 12.2. The maximum Gasteiger partial charge on any atom is 0.216 e. The second-order valence-electron chi connectivity index (χ2n) is 4.36. The van der Waals surface area contributed by atoms with Crippen molar-refractivity contribution in [2.45, 2.75) is 50.3 Å². The van der Waals surface area contributed by atoms with Crippen molar-refractivity contribution in [3.8, 4) is 6.07 Å². The van der Waals surface area contributed by atoms with E-state index in [1.54, 1.807) is 0 Å². The monoisotopic (exact) mass is 260 g/mol. The first-order valence-electron chi connectivity index (χ1n) is 6.01. The molecule has 1 saturated heterocycles. The summed E-state index contributed by atoms with van der Waals surface area (Å²) in [5, 5.41) is 8.71. The number of ether oxygens (including phenoxy) is 1. The molecule has 6 heteroatoms. The molecule has 5 nitrogen and oxygen atoms in total. The summed E-state index contributed by atoms with van der Waals surface area (Å²) in [6, 6.07) is 2.09. The minimum atomic E-state index is -3.43. The van der Waals surface area contributed by atoms with Gasteiger partial charge in [0.25, 0.3) is 0 Å². The first-order chi connectivity index (χ1) is 7.99. The van der Waals surface area contributed by atoms with Crippen molar-refractivity contribution >= 4 is 10.0 Å². The van der Waals surface area contributed by atoms with Gasteiger partial charge in [0.05, 0.1) is 11.3 Å². The molecule has 0 atom stereocenters. The molecule has 0 aromatic carbocycles. The first-order valence-corrected chi connectivity index (χ1v) is 7.56. The van der Waals surface area contributed by atoms with Crippen molar-refractivity contribution < 1.29 is 13.2 Å². The smallest absolute Gasteiger partial charge is 0.216 e. The molecular formula is C11H20N2O3S. The van der Waals surface area contributed by atoms with Gasteiger partial charge in [0, 0.05) is 13.2 Å². The van der Waals surface area contributed by atoms with E-state index in [1.807, 2.05) is 13.8 Å². The predicted molar refractivity (Wildman–Crippen MR) is 64.8 cm³/mol. The highest BCUT2D eigenvalue weighted by molar-refractivity contribution is 7.90. The van der Waals surface area contributed by atoms with Gasteiger partial charge >= 0.3 is 0 Å². The summed E-state index contributed by atoms with van der Waals surface area (Å²) in [6.07, 6.45) is 1.96. The SMILES string of the molecule is CCC(C#N)(CC)NS(=O)(=O)C1CCOCC1. The zero-order valence-corrected chi connectivity index (χ0v) is 11.2. The van der Waals surface area contributed by atoms with Crippen LogP contribution in [0, 0.1) is 11.3 Å². The fourth-order valence-corrected chi connectivity index (χ4v) is 3.78. The molecule has 0 amide bonds. The van der Waals surface area contributed by atoms with Gasteiger partial charge in [-0.05, 0) is 25.7 Å². The molecule has 0 unspecified atom stereocenters. The van der Waals surface area contributed by atoms with Crippen molar-refractivity contribution in [2.75, 3.05) is 13.2 Å². The average molecular weight is 260 g/mol. The van der Waals surface area contributed by atoms with E-state index >= 15 is 0 Å². The van der Waals surface area contributed by atoms with E-state index in [0.717, 1.165) is 0 Å². The molecule has 1 N–H and O–H groups in total. The molecule has 1 rings (SSSR count). The van der Waals surface area contributed by atoms with Crippen LogP contribution >= 0.6 is 0 Å². The van der Waals surface area contributed by atoms with Crippen LogP contribution < -0.4 is 4.72 Å². The van der Waals surface area contributed by atoms with E-state index in [0.29, 0.717) is 38.9 Å². The Morgan fingerprint density at radius 2 is 1.88 bits per heavy atom. The standard InChI is InChI=1S/C11H20N2O3S/c1-3-11(4-2,9-12)13-17(14,15)10-5-7-16-8-6-10/h10,13H,3-8H2,1-2H3. The van der Waals surface area contributed by atoms with Crippen molar-refractivity contribution in [1.82, 2.24) is 4.72 Å². The lowest BCUT2D eigenvalue weighted by atomic mass is 9.97. The lowest BCUT2D eigenvalue weighted by molar-refractivity contribution is 0.0979. The summed E-state index contributed by atoms with van der Waals surface area (Å²) in [5.74, 6) is 0. The first kappa shape index (κ1) is 14.4. The summed E-state index contributed by atoms with van der Waals surface area (Å²) in [6.45, 7) is 4.59. The zero-order chi connectivity index (χ0) is 12.9. The Morgan fingerprint density at radius 3 is 2.29 bits per heavy atom. The van der Waals surface area contributed by atoms with Gasteiger partial charge < -0.3 is 4.74 Å². The van der Waals surface area contributed by atoms with E-state index in [1.165, 1.54) is 0 Å². The van der Waals surface area contributed by atoms with Crippen LogP contribution in [0.4, 0.5) is 0 Å². The number of hydrogen-bond donors (Lipinski definition) is 1. The van der Waals surface area contributed by atoms with Gasteiger partial charge in [-0.3, -0.25) is 0 Å². The van der Waals surface area contributed by atoms with E-state index in [-0.39, 0.29) is 0 Å². The van der Waals surface area contributed by atoms with Crippen molar-refractivity contribution in [2.24, 2.45) is 0 Å². The highest BCUT2D eigenvalue weighted by atomic mass is 32.2. The minimum Gasteiger partial charge on any atom is -0.381 e. The van der Waals surface area contributed by atoms with E-state index in [9.17, 15) is 8.42 Å². The van der Waals surface area contributed by atoms with Gasteiger partial charge in [-0.25, -0.2) is 8.42 Å². The predicted octanol–water partition coefficient (Wildman–Crippen LogP) is 1.17. The zero-order valence-electron chi connectivity index (χ0n) is 10.4. The molecule has 1 fully saturated rings. The number of nitrogens with zero attached hydrogens (tertiary/aromatic N) is 1. The highest BCUT2D eigenvalue weighted by Crippen LogP contribution is 2.21. The maximum atomic E-state index is 12.2. The van der Waals surface area contributed by atoms with Crippen LogP contribution in [-0.4, -0.2) is 32.4 Å². The largest absolute Gasteiger partial charge is 0.381 e. The molecule has 0 saturated carbocycles. The van der Waals surface area contributed by atoms with Gasteiger partial charge in [-0.2, -0.15) is 9.98 Å². The molecule has 0 aromatic heterocycles. The van der Waals surface area contributed by atoms with Crippen molar-refractivity contribution in [3.05, 3.63) is 0 Å². The Morgan fingerprint density at radius 1 is 1.35 bits per heavy atom. The van der Waals surface area contributed by atoms with Crippen LogP contribution in [0.15, 0.2) is 0 Å². The Balaban J connectivity index is 2.81. The van der Waals surface area contributed by atoms with Crippen LogP contribution in [0.1, 0.15) is 39.5 Å². The Bertz CT molecular complexity index is 376. The summed E-state index contributed by atoms with van der Waals surface area (Å²) in [7, 11) is -3.43. The van der Waals surface area contributed by atoms with Gasteiger partial charge in [0.15, 0.2) is 0 Å². The molecule has 1 aliphatic rings. The quantitative estimate of drug-likeness (QED) is 0.804. The van der Waals surface area contributed by atoms with Gasteiger partial charge in [0.1, 0.15) is 5.54 Å². The highest BCUT2D eigenvalue weighted by Gasteiger charge is 2.36. The molecule has 0 spiro atoms. The Hall–Kier alpha value is -0.640. The van der Waals surface area contributed by atoms with Gasteiger partial charge in [-0.15, -0.1) is 0 Å². The van der Waals surface area contributed by atoms with Crippen LogP contribution in [0.2, 0.25) is 0 Å². The molecular weight excluding hydrogens is 240 g/mol. The fraction of sp³-hybridized carbons (Fsp3) is 0.909. The second kappa shape index (κ2) is 5.80. The second-order valence-corrected chi connectivity index (χ2v) is 6.32.